The van der Waals surface area contributed by atoms with Gasteiger partial charge in [-0.25, -0.2) is 17.7 Å². The van der Waals surface area contributed by atoms with Gasteiger partial charge in [0.05, 0.1) is 11.9 Å². The first kappa shape index (κ1) is 19.9. The molecule has 1 fully saturated rings. The highest BCUT2D eigenvalue weighted by molar-refractivity contribution is 7.89. The third-order valence-corrected chi connectivity index (χ3v) is 7.05. The summed E-state index contributed by atoms with van der Waals surface area (Å²) >= 11 is 0. The van der Waals surface area contributed by atoms with Gasteiger partial charge in [0.2, 0.25) is 10.0 Å². The summed E-state index contributed by atoms with van der Waals surface area (Å²) in [5.41, 5.74) is 2.45. The maximum atomic E-state index is 12.3. The van der Waals surface area contributed by atoms with E-state index in [-0.39, 0.29) is 11.7 Å². The Hall–Kier alpha value is -1.84. The molecule has 0 spiro atoms. The van der Waals surface area contributed by atoms with Crippen molar-refractivity contribution in [1.82, 2.24) is 14.3 Å². The Balaban J connectivity index is 1.84. The summed E-state index contributed by atoms with van der Waals surface area (Å²) in [5, 5.41) is 10.5. The van der Waals surface area contributed by atoms with Crippen LogP contribution in [0.25, 0.3) is 16.6 Å². The molecule has 0 saturated carbocycles. The molecule has 0 radical (unpaired) electrons. The second-order valence-corrected chi connectivity index (χ2v) is 9.06. The summed E-state index contributed by atoms with van der Waals surface area (Å²) in [7, 11) is -4.13. The van der Waals surface area contributed by atoms with Crippen molar-refractivity contribution in [2.45, 2.75) is 33.0 Å². The average Bonchev–Trinajstić information content (AvgIpc) is 3.09. The molecule has 27 heavy (non-hydrogen) atoms. The number of aromatic nitrogens is 2. The summed E-state index contributed by atoms with van der Waals surface area (Å²) in [6.07, 6.45) is 5.44. The van der Waals surface area contributed by atoms with E-state index in [1.165, 1.54) is 0 Å². The third-order valence-electron chi connectivity index (χ3n) is 4.97. The number of piperidine rings is 1. The number of nitrogens with one attached hydrogen (secondary N) is 1. The Morgan fingerprint density at radius 2 is 2.19 bits per heavy atom. The molecule has 0 aromatic carbocycles. The number of pyridine rings is 1. The Bertz CT molecular complexity index is 918. The molecule has 3 rings (SSSR count). The molecule has 9 heteroatoms. The summed E-state index contributed by atoms with van der Waals surface area (Å²) in [4.78, 5) is 7.41. The minimum atomic E-state index is -3.17. The van der Waals surface area contributed by atoms with Gasteiger partial charge >= 0.3 is 7.12 Å². The molecule has 0 unspecified atom stereocenters. The maximum absolute atomic E-state index is 12.3. The molecular formula is C18H26BN3O4S. The SMILES string of the molecule is C=C(c1c(OB(C)O)cnc2[nH]ccc12)C1CCN(S(=O)(=O)CCC)CC1. The molecule has 7 nitrogen and oxygen atoms in total. The molecule has 2 aromatic rings. The van der Waals surface area contributed by atoms with Gasteiger partial charge in [0.15, 0.2) is 0 Å². The van der Waals surface area contributed by atoms with Crippen LogP contribution in [0.5, 0.6) is 5.75 Å². The molecule has 1 aliphatic rings. The van der Waals surface area contributed by atoms with Gasteiger partial charge in [-0.15, -0.1) is 0 Å². The van der Waals surface area contributed by atoms with Crippen LogP contribution in [0.1, 0.15) is 31.7 Å². The Labute approximate surface area is 160 Å². The monoisotopic (exact) mass is 391 g/mol. The lowest BCUT2D eigenvalue weighted by molar-refractivity contribution is 0.311. The largest absolute Gasteiger partial charge is 0.535 e. The van der Waals surface area contributed by atoms with Gasteiger partial charge in [0, 0.05) is 30.2 Å². The Kier molecular flexibility index (Phi) is 5.93. The van der Waals surface area contributed by atoms with Crippen LogP contribution in [0, 0.1) is 5.92 Å². The fraction of sp³-hybridized carbons (Fsp3) is 0.500. The van der Waals surface area contributed by atoms with Crippen LogP contribution in [0.2, 0.25) is 6.82 Å². The van der Waals surface area contributed by atoms with Gasteiger partial charge in [0.25, 0.3) is 0 Å². The summed E-state index contributed by atoms with van der Waals surface area (Å²) in [5.74, 6) is 0.831. The lowest BCUT2D eigenvalue weighted by Gasteiger charge is -2.32. The number of fused-ring (bicyclic) bond motifs is 1. The van der Waals surface area contributed by atoms with Crippen molar-refractivity contribution >= 4 is 33.7 Å². The topological polar surface area (TPSA) is 95.5 Å². The molecule has 146 valence electrons. The molecule has 0 atom stereocenters. The fourth-order valence-corrected chi connectivity index (χ4v) is 5.21. The highest BCUT2D eigenvalue weighted by Crippen LogP contribution is 2.39. The van der Waals surface area contributed by atoms with E-state index in [2.05, 4.69) is 16.5 Å². The van der Waals surface area contributed by atoms with E-state index in [0.717, 1.165) is 22.2 Å². The molecule has 1 saturated heterocycles. The molecule has 1 aliphatic heterocycles. The standard InChI is InChI=1S/C18H26BN3O4S/c1-4-11-27(24,25)22-9-6-14(7-10-22)13(2)17-15-5-8-20-18(15)21-12-16(17)26-19(3)23/h5,8,12,14,23H,2,4,6-7,9-11H2,1,3H3,(H,20,21). The summed E-state index contributed by atoms with van der Waals surface area (Å²) < 4.78 is 31.7. The van der Waals surface area contributed by atoms with E-state index in [9.17, 15) is 13.4 Å². The van der Waals surface area contributed by atoms with Crippen molar-refractivity contribution in [3.63, 3.8) is 0 Å². The normalized spacial score (nSPS) is 16.6. The van der Waals surface area contributed by atoms with Gasteiger partial charge in [-0.05, 0) is 43.6 Å². The van der Waals surface area contributed by atoms with Crippen LogP contribution in [0.15, 0.2) is 25.0 Å². The van der Waals surface area contributed by atoms with Gasteiger partial charge in [-0.3, -0.25) is 0 Å². The highest BCUT2D eigenvalue weighted by Gasteiger charge is 2.30. The number of allylic oxidation sites excluding steroid dienone is 1. The predicted molar refractivity (Wildman–Crippen MR) is 108 cm³/mol. The van der Waals surface area contributed by atoms with E-state index >= 15 is 0 Å². The fourth-order valence-electron chi connectivity index (χ4n) is 3.67. The molecular weight excluding hydrogens is 365 g/mol. The van der Waals surface area contributed by atoms with Crippen molar-refractivity contribution < 1.29 is 18.1 Å². The quantitative estimate of drug-likeness (QED) is 0.708. The number of rotatable bonds is 7. The Morgan fingerprint density at radius 1 is 1.48 bits per heavy atom. The van der Waals surface area contributed by atoms with Crippen LogP contribution in [0.3, 0.4) is 0 Å². The lowest BCUT2D eigenvalue weighted by Crippen LogP contribution is -2.39. The number of nitrogens with zero attached hydrogens (tertiary/aromatic N) is 2. The van der Waals surface area contributed by atoms with E-state index in [1.807, 2.05) is 13.0 Å². The van der Waals surface area contributed by atoms with Crippen molar-refractivity contribution in [3.8, 4) is 5.75 Å². The lowest BCUT2D eigenvalue weighted by atomic mass is 9.85. The Morgan fingerprint density at radius 3 is 2.81 bits per heavy atom. The molecule has 2 N–H and O–H groups in total. The van der Waals surface area contributed by atoms with Crippen molar-refractivity contribution in [3.05, 3.63) is 30.6 Å². The first-order chi connectivity index (χ1) is 12.8. The van der Waals surface area contributed by atoms with E-state index in [4.69, 9.17) is 4.65 Å². The number of hydrogen-bond donors (Lipinski definition) is 2. The minimum absolute atomic E-state index is 0.148. The number of hydrogen-bond acceptors (Lipinski definition) is 5. The van der Waals surface area contributed by atoms with Crippen LogP contribution < -0.4 is 4.65 Å². The van der Waals surface area contributed by atoms with E-state index in [1.54, 1.807) is 23.5 Å². The maximum Gasteiger partial charge on any atom is 0.519 e. The van der Waals surface area contributed by atoms with Crippen LogP contribution in [-0.4, -0.2) is 53.7 Å². The van der Waals surface area contributed by atoms with Crippen molar-refractivity contribution in [2.24, 2.45) is 5.92 Å². The number of H-pyrrole nitrogens is 1. The van der Waals surface area contributed by atoms with Gasteiger partial charge in [0.1, 0.15) is 11.4 Å². The second kappa shape index (κ2) is 8.04. The predicted octanol–water partition coefficient (Wildman–Crippen LogP) is 2.52. The van der Waals surface area contributed by atoms with E-state index < -0.39 is 17.1 Å². The molecule has 0 bridgehead atoms. The summed E-state index contributed by atoms with van der Waals surface area (Å²) in [6, 6.07) is 1.92. The smallest absolute Gasteiger partial charge is 0.519 e. The third kappa shape index (κ3) is 4.20. The second-order valence-electron chi connectivity index (χ2n) is 6.97. The summed E-state index contributed by atoms with van der Waals surface area (Å²) in [6.45, 7) is 8.72. The molecule has 0 aliphatic carbocycles. The van der Waals surface area contributed by atoms with Gasteiger partial charge in [-0.2, -0.15) is 0 Å². The van der Waals surface area contributed by atoms with Crippen molar-refractivity contribution in [1.29, 1.82) is 0 Å². The average molecular weight is 391 g/mol. The highest BCUT2D eigenvalue weighted by atomic mass is 32.2. The minimum Gasteiger partial charge on any atom is -0.535 e. The zero-order valence-corrected chi connectivity index (χ0v) is 16.6. The van der Waals surface area contributed by atoms with Crippen molar-refractivity contribution in [2.75, 3.05) is 18.8 Å². The van der Waals surface area contributed by atoms with Crippen LogP contribution >= 0.6 is 0 Å². The van der Waals surface area contributed by atoms with Crippen LogP contribution in [-0.2, 0) is 10.0 Å². The first-order valence-electron chi connectivity index (χ1n) is 9.31. The van der Waals surface area contributed by atoms with Crippen LogP contribution in [0.4, 0.5) is 0 Å². The van der Waals surface area contributed by atoms with E-state index in [0.29, 0.717) is 38.1 Å². The molecule has 0 amide bonds. The number of sulfonamides is 1. The molecule has 2 aromatic heterocycles. The molecule has 3 heterocycles. The van der Waals surface area contributed by atoms with Gasteiger partial charge < -0.3 is 14.7 Å². The zero-order valence-electron chi connectivity index (χ0n) is 15.8. The zero-order chi connectivity index (χ0) is 19.6. The first-order valence-corrected chi connectivity index (χ1v) is 10.9. The van der Waals surface area contributed by atoms with Gasteiger partial charge in [-0.1, -0.05) is 13.5 Å². The number of aromatic amines is 1.